The Morgan fingerprint density at radius 1 is 1.17 bits per heavy atom. The van der Waals surface area contributed by atoms with Gasteiger partial charge in [-0.1, -0.05) is 26.0 Å². The summed E-state index contributed by atoms with van der Waals surface area (Å²) in [7, 11) is 1.59. The zero-order valence-electron chi connectivity index (χ0n) is 14.7. The van der Waals surface area contributed by atoms with Crippen LogP contribution in [0.5, 0.6) is 5.75 Å². The van der Waals surface area contributed by atoms with Gasteiger partial charge in [0.25, 0.3) is 0 Å². The number of hydrogen-bond donors (Lipinski definition) is 1. The molecule has 3 unspecified atom stereocenters. The van der Waals surface area contributed by atoms with Gasteiger partial charge in [-0.25, -0.2) is 0 Å². The van der Waals surface area contributed by atoms with Gasteiger partial charge < -0.3 is 14.7 Å². The molecular weight excluding hydrogens is 306 g/mol. The summed E-state index contributed by atoms with van der Waals surface area (Å²) in [5, 5.41) is 9.20. The van der Waals surface area contributed by atoms with Crippen LogP contribution in [0, 0.1) is 11.8 Å². The maximum atomic E-state index is 12.7. The van der Waals surface area contributed by atoms with Gasteiger partial charge in [-0.3, -0.25) is 9.59 Å². The third-order valence-corrected chi connectivity index (χ3v) is 4.65. The van der Waals surface area contributed by atoms with Crippen molar-refractivity contribution in [2.75, 3.05) is 20.2 Å². The van der Waals surface area contributed by atoms with E-state index >= 15 is 0 Å². The molecule has 2 rings (SSSR count). The number of methoxy groups -OCH3 is 1. The molecule has 0 aromatic heterocycles. The van der Waals surface area contributed by atoms with E-state index in [-0.39, 0.29) is 24.7 Å². The Balaban J connectivity index is 2.09. The van der Waals surface area contributed by atoms with E-state index < -0.39 is 5.97 Å². The first-order chi connectivity index (χ1) is 11.4. The Morgan fingerprint density at radius 2 is 1.75 bits per heavy atom. The van der Waals surface area contributed by atoms with Gasteiger partial charge in [0.2, 0.25) is 5.91 Å². The normalized spacial score (nSPS) is 22.0. The summed E-state index contributed by atoms with van der Waals surface area (Å²) in [5.74, 6) is 0.568. The molecule has 1 heterocycles. The van der Waals surface area contributed by atoms with Gasteiger partial charge in [-0.15, -0.1) is 0 Å². The number of amides is 1. The van der Waals surface area contributed by atoms with Crippen LogP contribution in [0.25, 0.3) is 0 Å². The van der Waals surface area contributed by atoms with Crippen LogP contribution < -0.4 is 4.74 Å². The van der Waals surface area contributed by atoms with Crippen molar-refractivity contribution in [2.45, 2.75) is 39.0 Å². The van der Waals surface area contributed by atoms with Crippen molar-refractivity contribution in [2.24, 2.45) is 11.8 Å². The summed E-state index contributed by atoms with van der Waals surface area (Å²) in [6.45, 7) is 5.86. The minimum Gasteiger partial charge on any atom is -0.497 e. The second-order valence-corrected chi connectivity index (χ2v) is 7.02. The molecule has 5 nitrogen and oxygen atoms in total. The number of aliphatic carboxylic acids is 1. The van der Waals surface area contributed by atoms with E-state index in [9.17, 15) is 14.7 Å². The van der Waals surface area contributed by atoms with E-state index in [1.165, 1.54) is 0 Å². The number of nitrogens with zero attached hydrogens (tertiary/aromatic N) is 1. The van der Waals surface area contributed by atoms with Gasteiger partial charge in [0.05, 0.1) is 13.5 Å². The molecule has 1 saturated heterocycles. The summed E-state index contributed by atoms with van der Waals surface area (Å²) in [5.41, 5.74) is 0.865. The highest BCUT2D eigenvalue weighted by molar-refractivity contribution is 5.78. The predicted octanol–water partition coefficient (Wildman–Crippen LogP) is 3.15. The molecular formula is C19H27NO4. The fourth-order valence-electron chi connectivity index (χ4n) is 3.60. The van der Waals surface area contributed by atoms with Crippen LogP contribution in [-0.4, -0.2) is 42.1 Å². The largest absolute Gasteiger partial charge is 0.497 e. The monoisotopic (exact) mass is 333 g/mol. The Bertz CT molecular complexity index is 559. The molecule has 1 aliphatic heterocycles. The number of carbonyl (C=O) groups is 2. The van der Waals surface area contributed by atoms with Crippen molar-refractivity contribution in [3.63, 3.8) is 0 Å². The molecule has 0 radical (unpaired) electrons. The van der Waals surface area contributed by atoms with E-state index in [0.717, 1.165) is 30.8 Å². The summed E-state index contributed by atoms with van der Waals surface area (Å²) in [4.78, 5) is 25.8. The average molecular weight is 333 g/mol. The highest BCUT2D eigenvalue weighted by Gasteiger charge is 2.28. The highest BCUT2D eigenvalue weighted by atomic mass is 16.5. The van der Waals surface area contributed by atoms with Crippen molar-refractivity contribution in [3.8, 4) is 5.75 Å². The number of hydrogen-bond acceptors (Lipinski definition) is 3. The fourth-order valence-corrected chi connectivity index (χ4v) is 3.60. The molecule has 1 aromatic rings. The third-order valence-electron chi connectivity index (χ3n) is 4.65. The van der Waals surface area contributed by atoms with Crippen LogP contribution in [0.1, 0.15) is 44.6 Å². The van der Waals surface area contributed by atoms with E-state index in [0.29, 0.717) is 11.8 Å². The van der Waals surface area contributed by atoms with Crippen molar-refractivity contribution in [1.82, 2.24) is 4.90 Å². The molecule has 0 bridgehead atoms. The minimum atomic E-state index is -0.885. The number of likely N-dealkylation sites (tertiary alicyclic amines) is 1. The van der Waals surface area contributed by atoms with Gasteiger partial charge in [-0.05, 0) is 36.0 Å². The van der Waals surface area contributed by atoms with Gasteiger partial charge in [0.15, 0.2) is 0 Å². The Labute approximate surface area is 143 Å². The van der Waals surface area contributed by atoms with E-state index in [1.807, 2.05) is 17.0 Å². The zero-order chi connectivity index (χ0) is 17.7. The zero-order valence-corrected chi connectivity index (χ0v) is 14.7. The maximum absolute atomic E-state index is 12.7. The van der Waals surface area contributed by atoms with Crippen molar-refractivity contribution in [3.05, 3.63) is 29.8 Å². The van der Waals surface area contributed by atoms with Gasteiger partial charge >= 0.3 is 5.97 Å². The van der Waals surface area contributed by atoms with Gasteiger partial charge in [0, 0.05) is 25.4 Å². The Morgan fingerprint density at radius 3 is 2.25 bits per heavy atom. The number of benzene rings is 1. The smallest absolute Gasteiger partial charge is 0.303 e. The van der Waals surface area contributed by atoms with Crippen LogP contribution in [0.3, 0.4) is 0 Å². The lowest BCUT2D eigenvalue weighted by Crippen LogP contribution is -2.43. The third kappa shape index (κ3) is 4.98. The molecule has 1 aromatic carbocycles. The lowest BCUT2D eigenvalue weighted by atomic mass is 9.89. The van der Waals surface area contributed by atoms with Gasteiger partial charge in [0.1, 0.15) is 5.75 Å². The molecule has 5 heteroatoms. The first kappa shape index (κ1) is 18.3. The van der Waals surface area contributed by atoms with Crippen LogP contribution in [0.15, 0.2) is 24.3 Å². The van der Waals surface area contributed by atoms with E-state index in [2.05, 4.69) is 13.8 Å². The molecule has 3 atom stereocenters. The molecule has 1 aliphatic rings. The Kier molecular flexibility index (Phi) is 6.23. The molecule has 24 heavy (non-hydrogen) atoms. The van der Waals surface area contributed by atoms with Crippen LogP contribution in [0.2, 0.25) is 0 Å². The SMILES string of the molecule is COc1ccc(C(CC(=O)O)CC(=O)N2CC(C)CC(C)C2)cc1. The maximum Gasteiger partial charge on any atom is 0.303 e. The number of piperidine rings is 1. The van der Waals surface area contributed by atoms with Crippen LogP contribution in [0.4, 0.5) is 0 Å². The molecule has 0 spiro atoms. The molecule has 1 amide bonds. The molecule has 1 fully saturated rings. The van der Waals surface area contributed by atoms with Crippen molar-refractivity contribution in [1.29, 1.82) is 0 Å². The number of ether oxygens (including phenoxy) is 1. The van der Waals surface area contributed by atoms with E-state index in [1.54, 1.807) is 19.2 Å². The minimum absolute atomic E-state index is 0.0446. The standard InChI is InChI=1S/C19H27NO4/c1-13-8-14(2)12-20(11-13)18(21)9-16(10-19(22)23)15-4-6-17(24-3)7-5-15/h4-7,13-14,16H,8-12H2,1-3H3,(H,22,23). The Hall–Kier alpha value is -2.04. The molecule has 1 N–H and O–H groups in total. The molecule has 0 aliphatic carbocycles. The van der Waals surface area contributed by atoms with Crippen LogP contribution >= 0.6 is 0 Å². The topological polar surface area (TPSA) is 66.8 Å². The second-order valence-electron chi connectivity index (χ2n) is 7.02. The van der Waals surface area contributed by atoms with Crippen molar-refractivity contribution < 1.29 is 19.4 Å². The summed E-state index contributed by atoms with van der Waals surface area (Å²) >= 11 is 0. The first-order valence-electron chi connectivity index (χ1n) is 8.52. The lowest BCUT2D eigenvalue weighted by Gasteiger charge is -2.35. The van der Waals surface area contributed by atoms with Gasteiger partial charge in [-0.2, -0.15) is 0 Å². The summed E-state index contributed by atoms with van der Waals surface area (Å²) in [6.07, 6.45) is 1.33. The molecule has 132 valence electrons. The quantitative estimate of drug-likeness (QED) is 0.868. The number of carboxylic acid groups (broad SMARTS) is 1. The molecule has 0 saturated carbocycles. The van der Waals surface area contributed by atoms with E-state index in [4.69, 9.17) is 4.74 Å². The summed E-state index contributed by atoms with van der Waals surface area (Å²) < 4.78 is 5.14. The number of carbonyl (C=O) groups excluding carboxylic acids is 1. The highest BCUT2D eigenvalue weighted by Crippen LogP contribution is 2.28. The summed E-state index contributed by atoms with van der Waals surface area (Å²) in [6, 6.07) is 7.31. The fraction of sp³-hybridized carbons (Fsp3) is 0.579. The van der Waals surface area contributed by atoms with Crippen LogP contribution in [-0.2, 0) is 9.59 Å². The number of rotatable bonds is 6. The average Bonchev–Trinajstić information content (AvgIpc) is 2.53. The lowest BCUT2D eigenvalue weighted by molar-refractivity contribution is -0.138. The first-order valence-corrected chi connectivity index (χ1v) is 8.52. The second kappa shape index (κ2) is 8.18. The number of carboxylic acids is 1. The van der Waals surface area contributed by atoms with Crippen molar-refractivity contribution >= 4 is 11.9 Å². The predicted molar refractivity (Wildman–Crippen MR) is 92.1 cm³/mol.